The highest BCUT2D eigenvalue weighted by molar-refractivity contribution is 6.30. The number of benzene rings is 2. The Labute approximate surface area is 148 Å². The van der Waals surface area contributed by atoms with Crippen molar-refractivity contribution < 1.29 is 14.6 Å². The number of aliphatic hydroxyl groups excluding tert-OH is 1. The lowest BCUT2D eigenvalue weighted by Crippen LogP contribution is -2.34. The fourth-order valence-corrected chi connectivity index (χ4v) is 3.25. The van der Waals surface area contributed by atoms with Crippen molar-refractivity contribution in [3.05, 3.63) is 58.6 Å². The predicted molar refractivity (Wildman–Crippen MR) is 96.9 cm³/mol. The Balaban J connectivity index is 2.39. The smallest absolute Gasteiger partial charge is 0.160 e. The second-order valence-corrected chi connectivity index (χ2v) is 6.65. The normalized spacial score (nSPS) is 14.8. The second-order valence-electron chi connectivity index (χ2n) is 6.21. The maximum absolute atomic E-state index is 9.78. The largest absolute Gasteiger partial charge is 0.493 e. The minimum Gasteiger partial charge on any atom is -0.493 e. The van der Waals surface area contributed by atoms with Gasteiger partial charge in [-0.3, -0.25) is 0 Å². The molecule has 2 rings (SSSR count). The number of rotatable bonds is 7. The molecule has 0 aliphatic rings. The summed E-state index contributed by atoms with van der Waals surface area (Å²) in [5, 5.41) is 10.4. The van der Waals surface area contributed by atoms with Gasteiger partial charge in [0.25, 0.3) is 0 Å². The average Bonchev–Trinajstić information content (AvgIpc) is 2.54. The topological polar surface area (TPSA) is 64.7 Å². The summed E-state index contributed by atoms with van der Waals surface area (Å²) in [6.45, 7) is 2.07. The zero-order valence-electron chi connectivity index (χ0n) is 14.3. The first-order valence-corrected chi connectivity index (χ1v) is 8.16. The molecule has 5 heteroatoms. The Hall–Kier alpha value is -1.75. The lowest BCUT2D eigenvalue weighted by atomic mass is 9.74. The van der Waals surface area contributed by atoms with Gasteiger partial charge in [-0.05, 0) is 48.2 Å². The molecule has 0 aliphatic heterocycles. The molecule has 130 valence electrons. The molecular formula is C19H24ClNO3. The molecule has 2 aromatic carbocycles. The molecule has 3 N–H and O–H groups in total. The van der Waals surface area contributed by atoms with Crippen LogP contribution in [0, 0.1) is 0 Å². The number of aliphatic hydroxyl groups is 1. The van der Waals surface area contributed by atoms with E-state index in [0.717, 1.165) is 11.1 Å². The molecule has 0 amide bonds. The third-order valence-corrected chi connectivity index (χ3v) is 4.46. The van der Waals surface area contributed by atoms with Gasteiger partial charge in [-0.15, -0.1) is 0 Å². The molecule has 0 aromatic heterocycles. The highest BCUT2D eigenvalue weighted by Gasteiger charge is 2.29. The summed E-state index contributed by atoms with van der Waals surface area (Å²) in [5.41, 5.74) is 7.43. The molecule has 2 atom stereocenters. The number of hydrogen-bond donors (Lipinski definition) is 2. The fraction of sp³-hybridized carbons (Fsp3) is 0.368. The summed E-state index contributed by atoms with van der Waals surface area (Å²) >= 11 is 6.15. The maximum atomic E-state index is 9.78. The summed E-state index contributed by atoms with van der Waals surface area (Å²) in [6, 6.07) is 13.5. The molecule has 0 fully saturated rings. The Morgan fingerprint density at radius 2 is 1.83 bits per heavy atom. The number of nitrogens with two attached hydrogens (primary N) is 1. The van der Waals surface area contributed by atoms with E-state index in [1.165, 1.54) is 0 Å². The van der Waals surface area contributed by atoms with E-state index in [-0.39, 0.29) is 5.41 Å². The van der Waals surface area contributed by atoms with Gasteiger partial charge in [-0.2, -0.15) is 0 Å². The molecular weight excluding hydrogens is 326 g/mol. The first-order valence-electron chi connectivity index (χ1n) is 7.78. The van der Waals surface area contributed by atoms with Gasteiger partial charge < -0.3 is 20.3 Å². The SMILES string of the molecule is COc1ccc(CC(C)(CC(N)O)c2cccc(Cl)c2)cc1OC. The molecule has 0 heterocycles. The molecule has 0 aliphatic carbocycles. The van der Waals surface area contributed by atoms with Crippen molar-refractivity contribution >= 4 is 11.6 Å². The summed E-state index contributed by atoms with van der Waals surface area (Å²) in [6.07, 6.45) is 0.193. The van der Waals surface area contributed by atoms with Crippen molar-refractivity contribution in [2.24, 2.45) is 5.73 Å². The predicted octanol–water partition coefficient (Wildman–Crippen LogP) is 3.52. The summed E-state index contributed by atoms with van der Waals surface area (Å²) in [5.74, 6) is 1.36. The van der Waals surface area contributed by atoms with Crippen molar-refractivity contribution in [2.45, 2.75) is 31.4 Å². The van der Waals surface area contributed by atoms with Crippen LogP contribution in [0.1, 0.15) is 24.5 Å². The van der Waals surface area contributed by atoms with Gasteiger partial charge >= 0.3 is 0 Å². The quantitative estimate of drug-likeness (QED) is 0.750. The van der Waals surface area contributed by atoms with Crippen LogP contribution in [0.5, 0.6) is 11.5 Å². The van der Waals surface area contributed by atoms with Crippen LogP contribution in [-0.4, -0.2) is 25.6 Å². The fourth-order valence-electron chi connectivity index (χ4n) is 3.06. The van der Waals surface area contributed by atoms with Crippen molar-refractivity contribution in [3.8, 4) is 11.5 Å². The standard InChI is InChI=1S/C19H24ClNO3/c1-19(12-18(21)22,14-5-4-6-15(20)10-14)11-13-7-8-16(23-2)17(9-13)24-3/h4-10,18,22H,11-12,21H2,1-3H3. The van der Waals surface area contributed by atoms with Crippen LogP contribution >= 0.6 is 11.6 Å². The third kappa shape index (κ3) is 4.41. The van der Waals surface area contributed by atoms with Crippen LogP contribution in [0.25, 0.3) is 0 Å². The summed E-state index contributed by atoms with van der Waals surface area (Å²) < 4.78 is 10.7. The average molecular weight is 350 g/mol. The van der Waals surface area contributed by atoms with E-state index in [0.29, 0.717) is 29.4 Å². The molecule has 24 heavy (non-hydrogen) atoms. The van der Waals surface area contributed by atoms with Crippen molar-refractivity contribution in [1.29, 1.82) is 0 Å². The highest BCUT2D eigenvalue weighted by atomic mass is 35.5. The Bertz CT molecular complexity index is 690. The van der Waals surface area contributed by atoms with Crippen LogP contribution in [0.4, 0.5) is 0 Å². The molecule has 0 saturated heterocycles. The number of methoxy groups -OCH3 is 2. The summed E-state index contributed by atoms with van der Waals surface area (Å²) in [4.78, 5) is 0. The highest BCUT2D eigenvalue weighted by Crippen LogP contribution is 2.36. The van der Waals surface area contributed by atoms with E-state index in [2.05, 4.69) is 6.92 Å². The molecule has 0 bridgehead atoms. The Morgan fingerprint density at radius 1 is 1.12 bits per heavy atom. The van der Waals surface area contributed by atoms with E-state index in [1.54, 1.807) is 14.2 Å². The molecule has 0 radical (unpaired) electrons. The Morgan fingerprint density at radius 3 is 2.42 bits per heavy atom. The minimum atomic E-state index is -0.908. The first-order chi connectivity index (χ1) is 11.4. The van der Waals surface area contributed by atoms with Crippen molar-refractivity contribution in [1.82, 2.24) is 0 Å². The zero-order valence-corrected chi connectivity index (χ0v) is 15.0. The molecule has 0 spiro atoms. The van der Waals surface area contributed by atoms with E-state index < -0.39 is 6.23 Å². The van der Waals surface area contributed by atoms with E-state index in [9.17, 15) is 5.11 Å². The minimum absolute atomic E-state index is 0.362. The lowest BCUT2D eigenvalue weighted by Gasteiger charge is -2.32. The number of hydrogen-bond acceptors (Lipinski definition) is 4. The van der Waals surface area contributed by atoms with Gasteiger partial charge in [0.1, 0.15) is 6.23 Å². The van der Waals surface area contributed by atoms with E-state index in [1.807, 2.05) is 42.5 Å². The lowest BCUT2D eigenvalue weighted by molar-refractivity contribution is 0.140. The van der Waals surface area contributed by atoms with Gasteiger partial charge in [0.2, 0.25) is 0 Å². The van der Waals surface area contributed by atoms with Gasteiger partial charge in [-0.25, -0.2) is 0 Å². The third-order valence-electron chi connectivity index (χ3n) is 4.22. The van der Waals surface area contributed by atoms with Crippen LogP contribution in [-0.2, 0) is 11.8 Å². The van der Waals surface area contributed by atoms with Gasteiger partial charge in [0, 0.05) is 10.4 Å². The molecule has 4 nitrogen and oxygen atoms in total. The van der Waals surface area contributed by atoms with Crippen molar-refractivity contribution in [2.75, 3.05) is 14.2 Å². The molecule has 0 saturated carbocycles. The van der Waals surface area contributed by atoms with Crippen LogP contribution < -0.4 is 15.2 Å². The summed E-state index contributed by atoms with van der Waals surface area (Å²) in [7, 11) is 3.22. The number of ether oxygens (including phenoxy) is 2. The van der Waals surface area contributed by atoms with Crippen LogP contribution in [0.15, 0.2) is 42.5 Å². The van der Waals surface area contributed by atoms with Crippen LogP contribution in [0.2, 0.25) is 5.02 Å². The van der Waals surface area contributed by atoms with Crippen LogP contribution in [0.3, 0.4) is 0 Å². The Kier molecular flexibility index (Phi) is 6.10. The van der Waals surface area contributed by atoms with Gasteiger partial charge in [-0.1, -0.05) is 36.7 Å². The van der Waals surface area contributed by atoms with E-state index in [4.69, 9.17) is 26.8 Å². The second kappa shape index (κ2) is 7.88. The molecule has 2 aromatic rings. The molecule has 2 unspecified atom stereocenters. The maximum Gasteiger partial charge on any atom is 0.160 e. The zero-order chi connectivity index (χ0) is 17.7. The first kappa shape index (κ1) is 18.6. The van der Waals surface area contributed by atoms with Crippen molar-refractivity contribution in [3.63, 3.8) is 0 Å². The van der Waals surface area contributed by atoms with Gasteiger partial charge in [0.15, 0.2) is 11.5 Å². The monoisotopic (exact) mass is 349 g/mol. The number of halogens is 1. The van der Waals surface area contributed by atoms with Gasteiger partial charge in [0.05, 0.1) is 14.2 Å². The van der Waals surface area contributed by atoms with E-state index >= 15 is 0 Å².